The number of hydrogen-bond acceptors (Lipinski definition) is 5. The first-order valence-electron chi connectivity index (χ1n) is 1.69. The first-order chi connectivity index (χ1) is 3.83. The Morgan fingerprint density at radius 3 is 1.67 bits per heavy atom. The average molecular weight is 221 g/mol. The molecule has 0 aliphatic carbocycles. The van der Waals surface area contributed by atoms with E-state index in [9.17, 15) is 0 Å². The van der Waals surface area contributed by atoms with Crippen LogP contribution in [0.5, 0.6) is 0 Å². The van der Waals surface area contributed by atoms with Gasteiger partial charge in [-0.15, -0.1) is 0 Å². The van der Waals surface area contributed by atoms with Gasteiger partial charge in [0.15, 0.2) is 0 Å². The molecule has 6 heteroatoms. The van der Waals surface area contributed by atoms with Gasteiger partial charge in [-0.25, -0.2) is 0 Å². The molecule has 0 aliphatic rings. The zero-order valence-electron chi connectivity index (χ0n) is 5.49. The minimum absolute atomic E-state index is 0. The van der Waals surface area contributed by atoms with Crippen LogP contribution in [0, 0.1) is 0 Å². The molecule has 0 spiro atoms. The third-order valence-electron chi connectivity index (χ3n) is 0.222. The third-order valence-corrected chi connectivity index (χ3v) is 1.56. The summed E-state index contributed by atoms with van der Waals surface area (Å²) >= 11 is 0. The molecule has 0 aromatic heterocycles. The molecule has 0 heterocycles. The SMILES string of the molecule is CSSC.NOC=O.[Zn]. The largest absolute Gasteiger partial charge is 0.376 e. The Morgan fingerprint density at radius 2 is 1.67 bits per heavy atom. The maximum atomic E-state index is 8.83. The Hall–Kier alpha value is 0.753. The second-order valence-corrected chi connectivity index (χ2v) is 3.23. The Bertz CT molecular complexity index is 46.8. The Labute approximate surface area is 75.6 Å². The molecular formula is C3H9NO2S2Zn. The molecule has 9 heavy (non-hydrogen) atoms. The first-order valence-corrected chi connectivity index (χ1v) is 4.66. The predicted octanol–water partition coefficient (Wildman–Crippen LogP) is 0.658. The predicted molar refractivity (Wildman–Crippen MR) is 38.4 cm³/mol. The maximum absolute atomic E-state index is 8.83. The number of hydrogen-bond donors (Lipinski definition) is 1. The van der Waals surface area contributed by atoms with Crippen LogP contribution in [0.4, 0.5) is 0 Å². The fraction of sp³-hybridized carbons (Fsp3) is 0.667. The van der Waals surface area contributed by atoms with E-state index in [0.717, 1.165) is 0 Å². The molecule has 0 aromatic carbocycles. The van der Waals surface area contributed by atoms with Crippen LogP contribution in [0.2, 0.25) is 0 Å². The molecule has 0 atom stereocenters. The van der Waals surface area contributed by atoms with E-state index >= 15 is 0 Å². The zero-order valence-corrected chi connectivity index (χ0v) is 10.1. The summed E-state index contributed by atoms with van der Waals surface area (Å²) in [4.78, 5) is 12.2. The van der Waals surface area contributed by atoms with Gasteiger partial charge in [0, 0.05) is 19.5 Å². The van der Waals surface area contributed by atoms with Gasteiger partial charge in [0.05, 0.1) is 0 Å². The molecule has 0 aromatic rings. The van der Waals surface area contributed by atoms with Gasteiger partial charge in [-0.2, -0.15) is 5.90 Å². The summed E-state index contributed by atoms with van der Waals surface area (Å²) in [6.45, 7) is 0.153. The molecule has 0 saturated heterocycles. The zero-order chi connectivity index (χ0) is 6.83. The van der Waals surface area contributed by atoms with Crippen molar-refractivity contribution in [2.24, 2.45) is 5.90 Å². The number of carbonyl (C=O) groups is 1. The molecule has 0 aliphatic heterocycles. The van der Waals surface area contributed by atoms with Crippen molar-refractivity contribution in [2.75, 3.05) is 12.5 Å². The van der Waals surface area contributed by atoms with Gasteiger partial charge in [0.1, 0.15) is 0 Å². The van der Waals surface area contributed by atoms with Crippen LogP contribution < -0.4 is 5.90 Å². The van der Waals surface area contributed by atoms with Crippen LogP contribution in [-0.2, 0) is 29.1 Å². The fourth-order valence-corrected chi connectivity index (χ4v) is 0. The minimum atomic E-state index is 0. The van der Waals surface area contributed by atoms with Gasteiger partial charge in [0.2, 0.25) is 0 Å². The quantitative estimate of drug-likeness (QED) is 0.321. The summed E-state index contributed by atoms with van der Waals surface area (Å²) in [5, 5.41) is 0. The normalized spacial score (nSPS) is 5.67. The van der Waals surface area contributed by atoms with E-state index in [1.807, 2.05) is 0 Å². The monoisotopic (exact) mass is 219 g/mol. The van der Waals surface area contributed by atoms with Gasteiger partial charge in [0.25, 0.3) is 0 Å². The molecule has 2 N–H and O–H groups in total. The second kappa shape index (κ2) is 23.3. The van der Waals surface area contributed by atoms with E-state index < -0.39 is 0 Å². The molecule has 0 radical (unpaired) electrons. The summed E-state index contributed by atoms with van der Waals surface area (Å²) in [7, 11) is 3.55. The van der Waals surface area contributed by atoms with Crippen molar-refractivity contribution < 1.29 is 29.1 Å². The van der Waals surface area contributed by atoms with Crippen LogP contribution in [0.15, 0.2) is 0 Å². The molecule has 0 unspecified atom stereocenters. The second-order valence-electron chi connectivity index (χ2n) is 0.566. The van der Waals surface area contributed by atoms with Crippen molar-refractivity contribution >= 4 is 28.1 Å². The van der Waals surface area contributed by atoms with Crippen LogP contribution in [0.1, 0.15) is 0 Å². The van der Waals surface area contributed by atoms with Crippen LogP contribution >= 0.6 is 21.6 Å². The fourth-order valence-electron chi connectivity index (χ4n) is 0. The van der Waals surface area contributed by atoms with E-state index in [4.69, 9.17) is 4.79 Å². The van der Waals surface area contributed by atoms with Crippen molar-refractivity contribution in [1.82, 2.24) is 0 Å². The summed E-state index contributed by atoms with van der Waals surface area (Å²) in [5.74, 6) is 4.16. The molecule has 52 valence electrons. The van der Waals surface area contributed by atoms with E-state index in [2.05, 4.69) is 23.2 Å². The number of nitrogens with two attached hydrogens (primary N) is 1. The molecular weight excluding hydrogens is 212 g/mol. The molecule has 3 nitrogen and oxygen atoms in total. The molecule has 0 rings (SSSR count). The Kier molecular flexibility index (Phi) is 42.4. The van der Waals surface area contributed by atoms with E-state index in [1.54, 1.807) is 21.6 Å². The Morgan fingerprint density at radius 1 is 1.44 bits per heavy atom. The topological polar surface area (TPSA) is 52.3 Å². The van der Waals surface area contributed by atoms with Gasteiger partial charge < -0.3 is 4.84 Å². The third kappa shape index (κ3) is 52.7. The van der Waals surface area contributed by atoms with Crippen molar-refractivity contribution in [3.8, 4) is 0 Å². The smallest absolute Gasteiger partial charge is 0.312 e. The van der Waals surface area contributed by atoms with Gasteiger partial charge in [-0.1, -0.05) is 21.6 Å². The van der Waals surface area contributed by atoms with Gasteiger partial charge in [-0.3, -0.25) is 4.79 Å². The van der Waals surface area contributed by atoms with Crippen LogP contribution in [0.25, 0.3) is 0 Å². The Balaban J connectivity index is -0.0000000720. The van der Waals surface area contributed by atoms with Crippen molar-refractivity contribution in [1.29, 1.82) is 0 Å². The van der Waals surface area contributed by atoms with Gasteiger partial charge >= 0.3 is 6.47 Å². The van der Waals surface area contributed by atoms with E-state index in [1.165, 1.54) is 0 Å². The molecule has 0 amide bonds. The summed E-state index contributed by atoms with van der Waals surface area (Å²) in [5.41, 5.74) is 0. The molecule has 0 saturated carbocycles. The van der Waals surface area contributed by atoms with Crippen molar-refractivity contribution in [3.05, 3.63) is 0 Å². The summed E-state index contributed by atoms with van der Waals surface area (Å²) in [6, 6.07) is 0. The van der Waals surface area contributed by atoms with E-state index in [0.29, 0.717) is 0 Å². The average Bonchev–Trinajstić information content (AvgIpc) is 1.88. The van der Waals surface area contributed by atoms with Crippen LogP contribution in [0.3, 0.4) is 0 Å². The number of rotatable bonds is 2. The van der Waals surface area contributed by atoms with Gasteiger partial charge in [-0.05, 0) is 12.5 Å². The molecule has 0 fully saturated rings. The van der Waals surface area contributed by atoms with Crippen molar-refractivity contribution in [2.45, 2.75) is 0 Å². The maximum Gasteiger partial charge on any atom is 0.312 e. The van der Waals surface area contributed by atoms with E-state index in [-0.39, 0.29) is 26.0 Å². The minimum Gasteiger partial charge on any atom is -0.376 e. The molecule has 0 bridgehead atoms. The standard InChI is InChI=1S/C2H6S2.CH3NO2.Zn/c1-3-4-2;2-4-1-3;/h1-2H3;1H,2H2;. The number of carbonyl (C=O) groups excluding carboxylic acids is 1. The van der Waals surface area contributed by atoms with Crippen LogP contribution in [-0.4, -0.2) is 19.0 Å². The first kappa shape index (κ1) is 16.4. The summed E-state index contributed by atoms with van der Waals surface area (Å²) in [6.07, 6.45) is 4.12. The summed E-state index contributed by atoms with van der Waals surface area (Å²) < 4.78 is 0. The van der Waals surface area contributed by atoms with Crippen molar-refractivity contribution in [3.63, 3.8) is 0 Å².